The number of sulfonamides is 1. The van der Waals surface area contributed by atoms with Gasteiger partial charge in [-0.2, -0.15) is 0 Å². The number of fused-ring (bicyclic) bond motifs is 2. The van der Waals surface area contributed by atoms with E-state index in [2.05, 4.69) is 20.0 Å². The molecule has 1 aromatic heterocycles. The van der Waals surface area contributed by atoms with Gasteiger partial charge < -0.3 is 24.5 Å². The van der Waals surface area contributed by atoms with Crippen molar-refractivity contribution in [2.75, 3.05) is 18.5 Å². The number of hydrogen-bond acceptors (Lipinski definition) is 7. The van der Waals surface area contributed by atoms with E-state index >= 15 is 0 Å². The molecular formula is C22H16FN4O4S-. The maximum atomic E-state index is 13.2. The van der Waals surface area contributed by atoms with E-state index in [0.29, 0.717) is 41.4 Å². The molecule has 2 heterocycles. The number of hydrogen-bond donors (Lipinski definition) is 1. The minimum atomic E-state index is -4.16. The smallest absolute Gasteiger partial charge is 0.202 e. The first-order chi connectivity index (χ1) is 15.5. The Hall–Kier alpha value is -3.92. The topological polar surface area (TPSA) is 105 Å². The Balaban J connectivity index is 1.54. The predicted molar refractivity (Wildman–Crippen MR) is 117 cm³/mol. The van der Waals surface area contributed by atoms with Crippen LogP contribution in [0.25, 0.3) is 15.8 Å². The Morgan fingerprint density at radius 1 is 0.875 bits per heavy atom. The van der Waals surface area contributed by atoms with Crippen LogP contribution in [-0.4, -0.2) is 31.6 Å². The van der Waals surface area contributed by atoms with Crippen LogP contribution in [0.3, 0.4) is 0 Å². The minimum Gasteiger partial charge on any atom is -0.486 e. The molecule has 4 aromatic rings. The number of para-hydroxylation sites is 2. The third-order valence-electron chi connectivity index (χ3n) is 4.68. The van der Waals surface area contributed by atoms with Crippen LogP contribution in [0.4, 0.5) is 21.7 Å². The van der Waals surface area contributed by atoms with Gasteiger partial charge in [0.15, 0.2) is 11.5 Å². The molecule has 0 saturated carbocycles. The highest BCUT2D eigenvalue weighted by Crippen LogP contribution is 2.37. The van der Waals surface area contributed by atoms with E-state index < -0.39 is 15.8 Å². The lowest BCUT2D eigenvalue weighted by atomic mass is 10.2. The number of halogens is 1. The molecule has 0 saturated heterocycles. The lowest BCUT2D eigenvalue weighted by Crippen LogP contribution is -2.15. The summed E-state index contributed by atoms with van der Waals surface area (Å²) in [6, 6.07) is 16.7. The van der Waals surface area contributed by atoms with Gasteiger partial charge in [0.1, 0.15) is 24.8 Å². The number of rotatable bonds is 5. The first-order valence-corrected chi connectivity index (χ1v) is 11.1. The quantitative estimate of drug-likeness (QED) is 0.470. The summed E-state index contributed by atoms with van der Waals surface area (Å²) < 4.78 is 53.9. The fourth-order valence-electron chi connectivity index (χ4n) is 3.17. The summed E-state index contributed by atoms with van der Waals surface area (Å²) in [5.74, 6) is 0.659. The summed E-state index contributed by atoms with van der Waals surface area (Å²) >= 11 is 0. The number of ether oxygens (including phenoxy) is 2. The van der Waals surface area contributed by atoms with Crippen molar-refractivity contribution < 1.29 is 22.3 Å². The van der Waals surface area contributed by atoms with Crippen molar-refractivity contribution in [1.82, 2.24) is 9.97 Å². The lowest BCUT2D eigenvalue weighted by Gasteiger charge is -2.22. The lowest BCUT2D eigenvalue weighted by molar-refractivity contribution is 0.171. The van der Waals surface area contributed by atoms with Crippen molar-refractivity contribution in [1.29, 1.82) is 0 Å². The number of benzene rings is 3. The SMILES string of the molecule is O=S(=O)([N-]c1nc2ccccc2nc1Nc1ccc2c(c1)OCCO2)c1ccc(F)cc1. The Morgan fingerprint density at radius 2 is 1.56 bits per heavy atom. The summed E-state index contributed by atoms with van der Waals surface area (Å²) in [6.45, 7) is 0.906. The van der Waals surface area contributed by atoms with Crippen LogP contribution in [0.5, 0.6) is 11.5 Å². The van der Waals surface area contributed by atoms with Gasteiger partial charge in [-0.15, -0.1) is 0 Å². The summed E-state index contributed by atoms with van der Waals surface area (Å²) in [5, 5.41) is 3.07. The van der Waals surface area contributed by atoms with Crippen molar-refractivity contribution in [2.24, 2.45) is 0 Å². The molecule has 0 unspecified atom stereocenters. The fourth-order valence-corrected chi connectivity index (χ4v) is 4.11. The third kappa shape index (κ3) is 4.00. The van der Waals surface area contributed by atoms with Crippen LogP contribution in [0.15, 0.2) is 71.6 Å². The van der Waals surface area contributed by atoms with Gasteiger partial charge in [0.2, 0.25) is 10.0 Å². The summed E-state index contributed by atoms with van der Waals surface area (Å²) in [7, 11) is -4.16. The van der Waals surface area contributed by atoms with E-state index in [1.54, 1.807) is 42.5 Å². The van der Waals surface area contributed by atoms with Gasteiger partial charge in [-0.3, -0.25) is 0 Å². The molecule has 0 fully saturated rings. The van der Waals surface area contributed by atoms with Crippen LogP contribution >= 0.6 is 0 Å². The molecule has 5 rings (SSSR count). The zero-order valence-electron chi connectivity index (χ0n) is 16.5. The maximum absolute atomic E-state index is 13.2. The van der Waals surface area contributed by atoms with Crippen molar-refractivity contribution >= 4 is 38.4 Å². The molecule has 32 heavy (non-hydrogen) atoms. The minimum absolute atomic E-state index is 0.122. The van der Waals surface area contributed by atoms with E-state index in [1.165, 1.54) is 0 Å². The zero-order chi connectivity index (χ0) is 22.1. The summed E-state index contributed by atoms with van der Waals surface area (Å²) in [4.78, 5) is 8.74. The molecule has 0 bridgehead atoms. The molecule has 0 aliphatic carbocycles. The maximum Gasteiger partial charge on any atom is 0.202 e. The largest absolute Gasteiger partial charge is 0.486 e. The van der Waals surface area contributed by atoms with Gasteiger partial charge in [-0.25, -0.2) is 17.8 Å². The second-order valence-electron chi connectivity index (χ2n) is 6.89. The molecule has 1 N–H and O–H groups in total. The van der Waals surface area contributed by atoms with Crippen LogP contribution in [0.2, 0.25) is 0 Å². The van der Waals surface area contributed by atoms with Crippen molar-refractivity contribution in [3.8, 4) is 11.5 Å². The van der Waals surface area contributed by atoms with E-state index in [4.69, 9.17) is 9.47 Å². The summed E-state index contributed by atoms with van der Waals surface area (Å²) in [6.07, 6.45) is 0. The van der Waals surface area contributed by atoms with Gasteiger partial charge in [0.25, 0.3) is 0 Å². The Bertz CT molecular complexity index is 1410. The van der Waals surface area contributed by atoms with Crippen LogP contribution in [0, 0.1) is 5.82 Å². The highest BCUT2D eigenvalue weighted by atomic mass is 32.2. The molecule has 162 valence electrons. The summed E-state index contributed by atoms with van der Waals surface area (Å²) in [5.41, 5.74) is 1.63. The molecular weight excluding hydrogens is 435 g/mol. The molecule has 1 aliphatic heterocycles. The van der Waals surface area contributed by atoms with E-state index in [0.717, 1.165) is 24.3 Å². The Labute approximate surface area is 183 Å². The molecule has 10 heteroatoms. The third-order valence-corrected chi connectivity index (χ3v) is 5.96. The van der Waals surface area contributed by atoms with Crippen LogP contribution in [0.1, 0.15) is 0 Å². The van der Waals surface area contributed by atoms with Crippen LogP contribution < -0.4 is 14.8 Å². The predicted octanol–water partition coefficient (Wildman–Crippen LogP) is 4.68. The molecule has 0 amide bonds. The second-order valence-corrected chi connectivity index (χ2v) is 8.49. The number of nitrogens with zero attached hydrogens (tertiary/aromatic N) is 3. The normalized spacial score (nSPS) is 13.0. The van der Waals surface area contributed by atoms with E-state index in [1.807, 2.05) is 0 Å². The standard InChI is InChI=1S/C22H16FN4O4S/c23-14-5-8-16(9-6-14)32(28,29)27-22-21(25-17-3-1-2-4-18(17)26-22)24-15-7-10-19-20(13-15)31-12-11-30-19/h1-10,13H,11-12H2,(H-,24,25,26,27)/q-1. The molecule has 8 nitrogen and oxygen atoms in total. The van der Waals surface area contributed by atoms with Crippen molar-refractivity contribution in [2.45, 2.75) is 4.90 Å². The monoisotopic (exact) mass is 451 g/mol. The first kappa shape index (κ1) is 20.0. The molecule has 0 spiro atoms. The molecule has 0 radical (unpaired) electrons. The average molecular weight is 451 g/mol. The van der Waals surface area contributed by atoms with Gasteiger partial charge in [-0.1, -0.05) is 18.2 Å². The van der Waals surface area contributed by atoms with Crippen LogP contribution in [-0.2, 0) is 10.0 Å². The fraction of sp³-hybridized carbons (Fsp3) is 0.0909. The van der Waals surface area contributed by atoms with Gasteiger partial charge in [-0.05, 0) is 53.8 Å². The highest BCUT2D eigenvalue weighted by molar-refractivity contribution is 7.94. The molecule has 1 aliphatic rings. The Morgan fingerprint density at radius 3 is 2.31 bits per heavy atom. The zero-order valence-corrected chi connectivity index (χ0v) is 17.3. The molecule has 3 aromatic carbocycles. The van der Waals surface area contributed by atoms with E-state index in [9.17, 15) is 12.8 Å². The van der Waals surface area contributed by atoms with Crippen molar-refractivity contribution in [3.05, 3.63) is 77.3 Å². The van der Waals surface area contributed by atoms with Gasteiger partial charge in [0, 0.05) is 11.8 Å². The van der Waals surface area contributed by atoms with Gasteiger partial charge >= 0.3 is 0 Å². The number of aromatic nitrogens is 2. The number of nitrogens with one attached hydrogen (secondary N) is 1. The average Bonchev–Trinajstić information content (AvgIpc) is 2.79. The van der Waals surface area contributed by atoms with Crippen molar-refractivity contribution in [3.63, 3.8) is 0 Å². The molecule has 0 atom stereocenters. The van der Waals surface area contributed by atoms with Gasteiger partial charge in [0.05, 0.1) is 10.4 Å². The highest BCUT2D eigenvalue weighted by Gasteiger charge is 2.15. The Kier molecular flexibility index (Phi) is 4.98. The number of anilines is 2. The second kappa shape index (κ2) is 7.97. The first-order valence-electron chi connectivity index (χ1n) is 9.65. The van der Waals surface area contributed by atoms with E-state index in [-0.39, 0.29) is 16.5 Å².